The first kappa shape index (κ1) is 18.8. The van der Waals surface area contributed by atoms with Gasteiger partial charge in [0.1, 0.15) is 0 Å². The zero-order valence-corrected chi connectivity index (χ0v) is 17.1. The zero-order valence-electron chi connectivity index (χ0n) is 9.66. The van der Waals surface area contributed by atoms with Gasteiger partial charge in [0.05, 0.1) is 13.7 Å². The molecule has 8 heteroatoms. The van der Waals surface area contributed by atoms with Gasteiger partial charge in [-0.25, -0.2) is 4.79 Å². The lowest BCUT2D eigenvalue weighted by Crippen LogP contribution is -2.32. The fourth-order valence-electron chi connectivity index (χ4n) is 0.764. The molecule has 0 bridgehead atoms. The van der Waals surface area contributed by atoms with Crippen LogP contribution in [-0.2, 0) is 13.7 Å². The van der Waals surface area contributed by atoms with Crippen molar-refractivity contribution in [2.24, 2.45) is 0 Å². The zero-order chi connectivity index (χ0) is 13.7. The van der Waals surface area contributed by atoms with E-state index in [1.165, 1.54) is 12.0 Å². The van der Waals surface area contributed by atoms with E-state index in [1.807, 2.05) is 0 Å². The van der Waals surface area contributed by atoms with Crippen molar-refractivity contribution in [3.8, 4) is 0 Å². The highest BCUT2D eigenvalue weighted by Crippen LogP contribution is 2.57. The van der Waals surface area contributed by atoms with Crippen LogP contribution in [-0.4, -0.2) is 25.3 Å². The van der Waals surface area contributed by atoms with Crippen molar-refractivity contribution in [1.82, 2.24) is 0 Å². The van der Waals surface area contributed by atoms with Crippen LogP contribution in [0, 0.1) is 0 Å². The molecule has 0 aromatic heterocycles. The third kappa shape index (κ3) is 6.70. The Balaban J connectivity index is 4.27. The lowest BCUT2D eigenvalue weighted by Gasteiger charge is -2.35. The SMILES string of the molecule is C=C(C)C(=O)OCCC(P)(P)C(I)(I)SOC. The summed E-state index contributed by atoms with van der Waals surface area (Å²) in [4.78, 5) is 11.0. The smallest absolute Gasteiger partial charge is 0.333 e. The fraction of sp³-hybridized carbons (Fsp3) is 0.667. The number of carbonyl (C=O) groups is 1. The first-order chi connectivity index (χ1) is 7.64. The number of halogens is 2. The van der Waals surface area contributed by atoms with Crippen LogP contribution in [0.1, 0.15) is 13.3 Å². The van der Waals surface area contributed by atoms with Gasteiger partial charge in [-0.1, -0.05) is 51.8 Å². The molecule has 0 rings (SSSR count). The van der Waals surface area contributed by atoms with Crippen molar-refractivity contribution >= 4 is 81.7 Å². The van der Waals surface area contributed by atoms with Gasteiger partial charge in [-0.3, -0.25) is 0 Å². The molecule has 3 nitrogen and oxygen atoms in total. The molecule has 17 heavy (non-hydrogen) atoms. The molecule has 2 unspecified atom stereocenters. The standard InChI is InChI=1S/C9H16I2O3P2S/c1-6(2)7(12)14-5-4-8(15,16)9(10,11)17-13-3/h1,4-5,15-16H2,2-3H3. The Bertz CT molecular complexity index is 298. The highest BCUT2D eigenvalue weighted by Gasteiger charge is 2.42. The Hall–Kier alpha value is 1.84. The van der Waals surface area contributed by atoms with Crippen LogP contribution in [0.15, 0.2) is 12.2 Å². The van der Waals surface area contributed by atoms with Crippen LogP contribution in [0.2, 0.25) is 0 Å². The molecule has 0 saturated heterocycles. The van der Waals surface area contributed by atoms with Crippen LogP contribution in [0.5, 0.6) is 0 Å². The lowest BCUT2D eigenvalue weighted by molar-refractivity contribution is -0.139. The van der Waals surface area contributed by atoms with Crippen LogP contribution < -0.4 is 0 Å². The van der Waals surface area contributed by atoms with Gasteiger partial charge >= 0.3 is 5.97 Å². The van der Waals surface area contributed by atoms with Crippen molar-refractivity contribution in [2.45, 2.75) is 19.0 Å². The number of ether oxygens (including phenoxy) is 1. The predicted molar refractivity (Wildman–Crippen MR) is 97.9 cm³/mol. The Labute approximate surface area is 139 Å². The summed E-state index contributed by atoms with van der Waals surface area (Å²) in [6.45, 7) is 5.53. The highest BCUT2D eigenvalue weighted by molar-refractivity contribution is 14.2. The molecule has 0 N–H and O–H groups in total. The Morgan fingerprint density at radius 2 is 2.00 bits per heavy atom. The van der Waals surface area contributed by atoms with Gasteiger partial charge in [-0.2, -0.15) is 0 Å². The van der Waals surface area contributed by atoms with E-state index in [0.29, 0.717) is 18.6 Å². The predicted octanol–water partition coefficient (Wildman–Crippen LogP) is 3.76. The molecule has 0 aliphatic heterocycles. The Morgan fingerprint density at radius 3 is 2.41 bits per heavy atom. The maximum Gasteiger partial charge on any atom is 0.333 e. The molecule has 0 radical (unpaired) electrons. The molecule has 0 saturated carbocycles. The van der Waals surface area contributed by atoms with E-state index in [-0.39, 0.29) is 11.6 Å². The van der Waals surface area contributed by atoms with Crippen LogP contribution in [0.4, 0.5) is 0 Å². The van der Waals surface area contributed by atoms with E-state index >= 15 is 0 Å². The summed E-state index contributed by atoms with van der Waals surface area (Å²) in [6.07, 6.45) is 0.698. The molecular weight excluding hydrogens is 504 g/mol. The summed E-state index contributed by atoms with van der Waals surface area (Å²) in [6, 6.07) is 0. The van der Waals surface area contributed by atoms with Gasteiger partial charge < -0.3 is 8.92 Å². The van der Waals surface area contributed by atoms with Gasteiger partial charge in [-0.15, -0.1) is 18.5 Å². The molecule has 0 aliphatic carbocycles. The van der Waals surface area contributed by atoms with Crippen molar-refractivity contribution < 1.29 is 13.7 Å². The second-order valence-corrected chi connectivity index (χ2v) is 14.1. The van der Waals surface area contributed by atoms with E-state index in [2.05, 4.69) is 70.2 Å². The van der Waals surface area contributed by atoms with Crippen molar-refractivity contribution in [1.29, 1.82) is 0 Å². The number of alkyl halides is 2. The van der Waals surface area contributed by atoms with E-state index in [0.717, 1.165) is 0 Å². The molecule has 0 heterocycles. The molecule has 0 amide bonds. The molecule has 0 aromatic rings. The maximum atomic E-state index is 11.2. The highest BCUT2D eigenvalue weighted by atomic mass is 127. The summed E-state index contributed by atoms with van der Waals surface area (Å²) in [5, 5.41) is 0. The topological polar surface area (TPSA) is 35.5 Å². The monoisotopic (exact) mass is 520 g/mol. The van der Waals surface area contributed by atoms with E-state index < -0.39 is 0 Å². The van der Waals surface area contributed by atoms with Crippen molar-refractivity contribution in [2.75, 3.05) is 13.7 Å². The normalized spacial score (nSPS) is 12.4. The summed E-state index contributed by atoms with van der Waals surface area (Å²) < 4.78 is 10.0. The van der Waals surface area contributed by atoms with E-state index in [9.17, 15) is 4.79 Å². The molecule has 2 atom stereocenters. The van der Waals surface area contributed by atoms with Gasteiger partial charge in [0.15, 0.2) is 0.760 Å². The van der Waals surface area contributed by atoms with Gasteiger partial charge in [0.2, 0.25) is 0 Å². The molecule has 100 valence electrons. The number of rotatable bonds is 7. The van der Waals surface area contributed by atoms with Gasteiger partial charge in [0.25, 0.3) is 0 Å². The van der Waals surface area contributed by atoms with Gasteiger partial charge in [-0.05, 0) is 13.3 Å². The first-order valence-corrected chi connectivity index (χ1v) is 8.69. The summed E-state index contributed by atoms with van der Waals surface area (Å²) in [5.74, 6) is -0.345. The molecular formula is C9H16I2O3P2S. The van der Waals surface area contributed by atoms with Crippen LogP contribution in [0.25, 0.3) is 0 Å². The van der Waals surface area contributed by atoms with Gasteiger partial charge in [0, 0.05) is 22.5 Å². The number of esters is 1. The van der Waals surface area contributed by atoms with Crippen LogP contribution >= 0.6 is 75.7 Å². The fourth-order valence-corrected chi connectivity index (χ4v) is 3.37. The molecule has 0 fully saturated rings. The third-order valence-electron chi connectivity index (χ3n) is 1.83. The third-order valence-corrected chi connectivity index (χ3v) is 9.88. The quantitative estimate of drug-likeness (QED) is 0.128. The number of hydrogen-bond donors (Lipinski definition) is 0. The van der Waals surface area contributed by atoms with Crippen LogP contribution in [0.3, 0.4) is 0 Å². The average molecular weight is 520 g/mol. The maximum absolute atomic E-state index is 11.2. The lowest BCUT2D eigenvalue weighted by atomic mass is 10.3. The summed E-state index contributed by atoms with van der Waals surface area (Å²) in [7, 11) is 7.19. The minimum absolute atomic E-state index is 0.178. The molecule has 0 spiro atoms. The minimum Gasteiger partial charge on any atom is -0.462 e. The summed E-state index contributed by atoms with van der Waals surface area (Å²) >= 11 is 6.01. The Kier molecular flexibility index (Phi) is 9.09. The second kappa shape index (κ2) is 8.20. The first-order valence-electron chi connectivity index (χ1n) is 4.64. The number of carbonyl (C=O) groups excluding carboxylic acids is 1. The minimum atomic E-state index is -0.345. The van der Waals surface area contributed by atoms with Crippen molar-refractivity contribution in [3.63, 3.8) is 0 Å². The Morgan fingerprint density at radius 1 is 1.47 bits per heavy atom. The molecule has 0 aliphatic rings. The largest absolute Gasteiger partial charge is 0.462 e. The average Bonchev–Trinajstić information content (AvgIpc) is 2.16. The summed E-state index contributed by atoms with van der Waals surface area (Å²) in [5.41, 5.74) is 0.421. The van der Waals surface area contributed by atoms with E-state index in [1.54, 1.807) is 14.0 Å². The van der Waals surface area contributed by atoms with E-state index in [4.69, 9.17) is 8.92 Å². The number of hydrogen-bond acceptors (Lipinski definition) is 4. The second-order valence-electron chi connectivity index (χ2n) is 3.47. The molecule has 0 aromatic carbocycles. The van der Waals surface area contributed by atoms with Crippen molar-refractivity contribution in [3.05, 3.63) is 12.2 Å².